The average Bonchev–Trinajstić information content (AvgIpc) is 3.21. The molecular formula is C14H14N4O3S2. The van der Waals surface area contributed by atoms with Crippen LogP contribution in [0.5, 0.6) is 0 Å². The van der Waals surface area contributed by atoms with E-state index in [0.717, 1.165) is 11.3 Å². The van der Waals surface area contributed by atoms with Crippen LogP contribution in [0.25, 0.3) is 10.9 Å². The molecule has 0 fully saturated rings. The van der Waals surface area contributed by atoms with Crippen molar-refractivity contribution >= 4 is 43.9 Å². The van der Waals surface area contributed by atoms with Crippen LogP contribution < -0.4 is 15.6 Å². The number of fused-ring (bicyclic) bond motifs is 1. The third kappa shape index (κ3) is 2.58. The second-order valence-electron chi connectivity index (χ2n) is 4.80. The van der Waals surface area contributed by atoms with Gasteiger partial charge in [-0.3, -0.25) is 14.5 Å². The maximum Gasteiger partial charge on any atom is 0.281 e. The number of aromatic nitrogens is 1. The number of thiophene rings is 1. The van der Waals surface area contributed by atoms with Gasteiger partial charge in [-0.15, -0.1) is 11.3 Å². The summed E-state index contributed by atoms with van der Waals surface area (Å²) in [5, 5.41) is 2.42. The monoisotopic (exact) mass is 350 g/mol. The second-order valence-corrected chi connectivity index (χ2v) is 7.95. The number of rotatable bonds is 4. The summed E-state index contributed by atoms with van der Waals surface area (Å²) in [7, 11) is -2.17. The van der Waals surface area contributed by atoms with Gasteiger partial charge in [0.25, 0.3) is 15.9 Å². The summed E-state index contributed by atoms with van der Waals surface area (Å²) in [6.07, 6.45) is 0. The van der Waals surface area contributed by atoms with E-state index < -0.39 is 15.9 Å². The van der Waals surface area contributed by atoms with Crippen molar-refractivity contribution in [3.63, 3.8) is 0 Å². The minimum Gasteiger partial charge on any atom is -0.349 e. The number of carbonyl (C=O) groups is 1. The summed E-state index contributed by atoms with van der Waals surface area (Å²) in [5.74, 6) is 4.66. The quantitative estimate of drug-likeness (QED) is 0.378. The molecule has 23 heavy (non-hydrogen) atoms. The first-order valence-electron chi connectivity index (χ1n) is 6.60. The molecule has 9 heteroatoms. The van der Waals surface area contributed by atoms with Gasteiger partial charge in [-0.1, -0.05) is 18.2 Å². The normalized spacial score (nSPS) is 11.6. The largest absolute Gasteiger partial charge is 0.349 e. The van der Waals surface area contributed by atoms with E-state index in [9.17, 15) is 13.2 Å². The first-order valence-corrected chi connectivity index (χ1v) is 8.92. The van der Waals surface area contributed by atoms with E-state index in [1.165, 1.54) is 11.4 Å². The molecule has 0 saturated heterocycles. The molecule has 0 spiro atoms. The van der Waals surface area contributed by atoms with Gasteiger partial charge in [0, 0.05) is 12.4 Å². The van der Waals surface area contributed by atoms with E-state index in [0.29, 0.717) is 16.6 Å². The first-order chi connectivity index (χ1) is 10.9. The van der Waals surface area contributed by atoms with Crippen LogP contribution in [0.3, 0.4) is 0 Å². The molecule has 0 atom stereocenters. The molecule has 4 N–H and O–H groups in total. The number of benzene rings is 1. The molecule has 0 bridgehead atoms. The van der Waals surface area contributed by atoms with Crippen molar-refractivity contribution in [1.29, 1.82) is 0 Å². The van der Waals surface area contributed by atoms with Crippen LogP contribution in [0.15, 0.2) is 46.0 Å². The molecule has 0 radical (unpaired) electrons. The number of nitrogens with one attached hydrogen (secondary N) is 2. The van der Waals surface area contributed by atoms with Crippen LogP contribution in [0.2, 0.25) is 0 Å². The zero-order valence-corrected chi connectivity index (χ0v) is 13.7. The summed E-state index contributed by atoms with van der Waals surface area (Å²) in [5.41, 5.74) is 3.30. The molecule has 3 rings (SSSR count). The molecule has 0 unspecified atom stereocenters. The van der Waals surface area contributed by atoms with Crippen LogP contribution in [0, 0.1) is 0 Å². The van der Waals surface area contributed by atoms with E-state index in [1.807, 2.05) is 5.43 Å². The third-order valence-corrected chi connectivity index (χ3v) is 6.60. The molecular weight excluding hydrogens is 336 g/mol. The fraction of sp³-hybridized carbons (Fsp3) is 0.0714. The van der Waals surface area contributed by atoms with Crippen molar-refractivity contribution < 1.29 is 13.2 Å². The zero-order valence-electron chi connectivity index (χ0n) is 12.1. The molecule has 1 amide bonds. The summed E-state index contributed by atoms with van der Waals surface area (Å²) in [6, 6.07) is 10.0. The maximum atomic E-state index is 12.7. The van der Waals surface area contributed by atoms with Gasteiger partial charge >= 0.3 is 0 Å². The standard InChI is InChI=1S/C14H14N4O3S2/c1-18(23(20,21)12-6-3-7-22-12)11-5-2-4-9-8-10(14(19)17-15)16-13(9)11/h2-8,16H,15H2,1H3,(H,17,19). The molecule has 0 aliphatic carbocycles. The van der Waals surface area contributed by atoms with Crippen molar-refractivity contribution in [3.8, 4) is 0 Å². The lowest BCUT2D eigenvalue weighted by atomic mass is 10.2. The Morgan fingerprint density at radius 3 is 2.74 bits per heavy atom. The van der Waals surface area contributed by atoms with Gasteiger partial charge in [-0.05, 0) is 23.6 Å². The Morgan fingerprint density at radius 2 is 2.09 bits per heavy atom. The highest BCUT2D eigenvalue weighted by molar-refractivity contribution is 7.94. The Balaban J connectivity index is 2.13. The zero-order chi connectivity index (χ0) is 16.6. The Bertz CT molecular complexity index is 961. The van der Waals surface area contributed by atoms with Crippen LogP contribution in [0.1, 0.15) is 10.5 Å². The molecule has 120 valence electrons. The summed E-state index contributed by atoms with van der Waals surface area (Å²) in [6.45, 7) is 0. The number of nitrogens with zero attached hydrogens (tertiary/aromatic N) is 1. The Hall–Kier alpha value is -2.36. The van der Waals surface area contributed by atoms with E-state index in [-0.39, 0.29) is 9.90 Å². The topological polar surface area (TPSA) is 108 Å². The summed E-state index contributed by atoms with van der Waals surface area (Å²) >= 11 is 1.15. The summed E-state index contributed by atoms with van der Waals surface area (Å²) in [4.78, 5) is 14.6. The van der Waals surface area contributed by atoms with Crippen LogP contribution in [0.4, 0.5) is 5.69 Å². The molecule has 1 aromatic carbocycles. The van der Waals surface area contributed by atoms with Gasteiger partial charge in [0.05, 0.1) is 11.2 Å². The van der Waals surface area contributed by atoms with Crippen molar-refractivity contribution in [2.75, 3.05) is 11.4 Å². The van der Waals surface area contributed by atoms with Crippen molar-refractivity contribution in [3.05, 3.63) is 47.5 Å². The third-order valence-electron chi connectivity index (χ3n) is 3.46. The predicted octanol–water partition coefficient (Wildman–Crippen LogP) is 1.66. The SMILES string of the molecule is CN(c1cccc2cc(C(=O)NN)[nH]c12)S(=O)(=O)c1cccs1. The Labute approximate surface area is 136 Å². The van der Waals surface area contributed by atoms with Crippen molar-refractivity contribution in [1.82, 2.24) is 10.4 Å². The van der Waals surface area contributed by atoms with Crippen molar-refractivity contribution in [2.24, 2.45) is 5.84 Å². The number of nitrogen functional groups attached to an aromatic ring is 1. The average molecular weight is 350 g/mol. The molecule has 0 saturated carbocycles. The highest BCUT2D eigenvalue weighted by Gasteiger charge is 2.24. The van der Waals surface area contributed by atoms with E-state index >= 15 is 0 Å². The molecule has 0 aliphatic rings. The highest BCUT2D eigenvalue weighted by atomic mass is 32.2. The minimum atomic E-state index is -3.65. The van der Waals surface area contributed by atoms with E-state index in [1.54, 1.807) is 41.8 Å². The number of para-hydroxylation sites is 1. The molecule has 0 aliphatic heterocycles. The number of amides is 1. The number of carbonyl (C=O) groups excluding carboxylic acids is 1. The van der Waals surface area contributed by atoms with Gasteiger partial charge in [0.15, 0.2) is 0 Å². The number of sulfonamides is 1. The predicted molar refractivity (Wildman–Crippen MR) is 89.9 cm³/mol. The smallest absolute Gasteiger partial charge is 0.281 e. The molecule has 2 aromatic heterocycles. The van der Waals surface area contributed by atoms with Gasteiger partial charge in [-0.25, -0.2) is 14.3 Å². The highest BCUT2D eigenvalue weighted by Crippen LogP contribution is 2.31. The van der Waals surface area contributed by atoms with Crippen LogP contribution in [-0.4, -0.2) is 26.4 Å². The fourth-order valence-corrected chi connectivity index (χ4v) is 4.65. The van der Waals surface area contributed by atoms with Gasteiger partial charge in [0.2, 0.25) is 0 Å². The second kappa shape index (κ2) is 5.69. The lowest BCUT2D eigenvalue weighted by Gasteiger charge is -2.19. The van der Waals surface area contributed by atoms with Crippen LogP contribution >= 0.6 is 11.3 Å². The maximum absolute atomic E-state index is 12.7. The minimum absolute atomic E-state index is 0.253. The number of aromatic amines is 1. The Kier molecular flexibility index (Phi) is 3.84. The molecule has 7 nitrogen and oxygen atoms in total. The van der Waals surface area contributed by atoms with Crippen molar-refractivity contribution in [2.45, 2.75) is 4.21 Å². The number of hydrogen-bond acceptors (Lipinski definition) is 5. The van der Waals surface area contributed by atoms with E-state index in [4.69, 9.17) is 5.84 Å². The molecule has 2 heterocycles. The van der Waals surface area contributed by atoms with Gasteiger partial charge in [0.1, 0.15) is 9.90 Å². The summed E-state index contributed by atoms with van der Waals surface area (Å²) < 4.78 is 26.8. The number of hydrogen-bond donors (Lipinski definition) is 3. The lowest BCUT2D eigenvalue weighted by Crippen LogP contribution is -2.30. The van der Waals surface area contributed by atoms with Gasteiger partial charge < -0.3 is 4.98 Å². The number of nitrogens with two attached hydrogens (primary N) is 1. The number of hydrazine groups is 1. The first kappa shape index (κ1) is 15.5. The van der Waals surface area contributed by atoms with E-state index in [2.05, 4.69) is 4.98 Å². The van der Waals surface area contributed by atoms with Gasteiger partial charge in [-0.2, -0.15) is 0 Å². The molecule has 3 aromatic rings. The number of anilines is 1. The fourth-order valence-electron chi connectivity index (χ4n) is 2.28. The lowest BCUT2D eigenvalue weighted by molar-refractivity contribution is 0.0949. The van der Waals surface area contributed by atoms with Crippen LogP contribution in [-0.2, 0) is 10.0 Å². The Morgan fingerprint density at radius 1 is 1.30 bits per heavy atom. The number of H-pyrrole nitrogens is 1.